The van der Waals surface area contributed by atoms with Gasteiger partial charge in [-0.3, -0.25) is 4.79 Å². The zero-order chi connectivity index (χ0) is 11.7. The lowest BCUT2D eigenvalue weighted by atomic mass is 10.1. The molecule has 0 bridgehead atoms. The standard InChI is InChI=1S/C10H17F3OS/c1-2-10(14)15-6-4-3-5-8(12)9(13)7-11/h8-9H,2-7H2,1H3. The van der Waals surface area contributed by atoms with E-state index in [1.165, 1.54) is 11.8 Å². The van der Waals surface area contributed by atoms with Crippen molar-refractivity contribution in [2.24, 2.45) is 0 Å². The lowest BCUT2D eigenvalue weighted by molar-refractivity contribution is -0.110. The molecule has 0 radical (unpaired) electrons. The Kier molecular flexibility index (Phi) is 8.95. The molecule has 90 valence electrons. The number of unbranched alkanes of at least 4 members (excludes halogenated alkanes) is 1. The summed E-state index contributed by atoms with van der Waals surface area (Å²) in [6.07, 6.45) is -2.02. The van der Waals surface area contributed by atoms with Gasteiger partial charge >= 0.3 is 0 Å². The summed E-state index contributed by atoms with van der Waals surface area (Å²) in [7, 11) is 0. The molecule has 0 spiro atoms. The molecule has 2 unspecified atom stereocenters. The van der Waals surface area contributed by atoms with Gasteiger partial charge in [-0.05, 0) is 19.3 Å². The van der Waals surface area contributed by atoms with Gasteiger partial charge in [-0.25, -0.2) is 13.2 Å². The van der Waals surface area contributed by atoms with Gasteiger partial charge in [0.05, 0.1) is 0 Å². The van der Waals surface area contributed by atoms with Gasteiger partial charge in [0.2, 0.25) is 0 Å². The molecule has 0 saturated carbocycles. The molecule has 0 amide bonds. The molecule has 0 aromatic heterocycles. The highest BCUT2D eigenvalue weighted by atomic mass is 32.2. The molecule has 0 aromatic rings. The molecule has 2 atom stereocenters. The number of rotatable bonds is 8. The van der Waals surface area contributed by atoms with Crippen LogP contribution in [0.25, 0.3) is 0 Å². The highest BCUT2D eigenvalue weighted by Gasteiger charge is 2.19. The van der Waals surface area contributed by atoms with Gasteiger partial charge in [0.15, 0.2) is 11.3 Å². The fourth-order valence-electron chi connectivity index (χ4n) is 1.01. The molecule has 0 N–H and O–H groups in total. The molecular formula is C10H17F3OS. The van der Waals surface area contributed by atoms with E-state index in [1.54, 1.807) is 6.92 Å². The van der Waals surface area contributed by atoms with Gasteiger partial charge in [-0.15, -0.1) is 0 Å². The Morgan fingerprint density at radius 2 is 1.93 bits per heavy atom. The predicted octanol–water partition coefficient (Wildman–Crippen LogP) is 3.47. The summed E-state index contributed by atoms with van der Waals surface area (Å²) in [4.78, 5) is 10.8. The van der Waals surface area contributed by atoms with Crippen LogP contribution in [-0.2, 0) is 4.79 Å². The van der Waals surface area contributed by atoms with Crippen molar-refractivity contribution in [3.8, 4) is 0 Å². The average Bonchev–Trinajstić information content (AvgIpc) is 2.26. The summed E-state index contributed by atoms with van der Waals surface area (Å²) in [5.41, 5.74) is 0. The largest absolute Gasteiger partial charge is 0.287 e. The lowest BCUT2D eigenvalue weighted by Crippen LogP contribution is -2.19. The van der Waals surface area contributed by atoms with Gasteiger partial charge in [0, 0.05) is 12.2 Å². The van der Waals surface area contributed by atoms with Crippen LogP contribution in [0.5, 0.6) is 0 Å². The van der Waals surface area contributed by atoms with Gasteiger partial charge in [0.1, 0.15) is 12.8 Å². The Morgan fingerprint density at radius 1 is 1.27 bits per heavy atom. The summed E-state index contributed by atoms with van der Waals surface area (Å²) in [6, 6.07) is 0. The van der Waals surface area contributed by atoms with Crippen LogP contribution in [0.4, 0.5) is 13.2 Å². The SMILES string of the molecule is CCC(=O)SCCCCC(F)C(F)CF. The molecule has 0 aliphatic heterocycles. The molecule has 0 heterocycles. The second-order valence-electron chi connectivity index (χ2n) is 3.26. The summed E-state index contributed by atoms with van der Waals surface area (Å²) in [5, 5.41) is 0.110. The van der Waals surface area contributed by atoms with E-state index in [0.717, 1.165) is 0 Å². The molecular weight excluding hydrogens is 225 g/mol. The van der Waals surface area contributed by atoms with Crippen molar-refractivity contribution in [3.63, 3.8) is 0 Å². The number of hydrogen-bond acceptors (Lipinski definition) is 2. The molecule has 0 rings (SSSR count). The van der Waals surface area contributed by atoms with Gasteiger partial charge in [0.25, 0.3) is 0 Å². The van der Waals surface area contributed by atoms with Gasteiger partial charge in [-0.2, -0.15) is 0 Å². The van der Waals surface area contributed by atoms with E-state index in [4.69, 9.17) is 0 Å². The fourth-order valence-corrected chi connectivity index (χ4v) is 1.79. The first-order valence-corrected chi connectivity index (χ1v) is 6.10. The zero-order valence-electron chi connectivity index (χ0n) is 8.85. The monoisotopic (exact) mass is 242 g/mol. The molecule has 0 aliphatic carbocycles. The van der Waals surface area contributed by atoms with Crippen molar-refractivity contribution < 1.29 is 18.0 Å². The van der Waals surface area contributed by atoms with E-state index >= 15 is 0 Å². The first kappa shape index (κ1) is 14.8. The summed E-state index contributed by atoms with van der Waals surface area (Å²) < 4.78 is 36.9. The van der Waals surface area contributed by atoms with Crippen LogP contribution in [0.3, 0.4) is 0 Å². The topological polar surface area (TPSA) is 17.1 Å². The van der Waals surface area contributed by atoms with E-state index in [2.05, 4.69) is 0 Å². The number of carbonyl (C=O) groups excluding carboxylic acids is 1. The predicted molar refractivity (Wildman–Crippen MR) is 57.4 cm³/mol. The number of hydrogen-bond donors (Lipinski definition) is 0. The first-order chi connectivity index (χ1) is 7.11. The third-order valence-electron chi connectivity index (χ3n) is 1.97. The van der Waals surface area contributed by atoms with Crippen LogP contribution in [-0.4, -0.2) is 29.9 Å². The van der Waals surface area contributed by atoms with Crippen LogP contribution in [0, 0.1) is 0 Å². The fraction of sp³-hybridized carbons (Fsp3) is 0.900. The molecule has 0 aliphatic rings. The number of halogens is 3. The minimum absolute atomic E-state index is 0.0337. The van der Waals surface area contributed by atoms with Crippen LogP contribution in [0.15, 0.2) is 0 Å². The minimum Gasteiger partial charge on any atom is -0.287 e. The Hall–Kier alpha value is -0.190. The highest BCUT2D eigenvalue weighted by molar-refractivity contribution is 8.13. The van der Waals surface area contributed by atoms with E-state index in [0.29, 0.717) is 25.0 Å². The van der Waals surface area contributed by atoms with Crippen LogP contribution >= 0.6 is 11.8 Å². The molecule has 15 heavy (non-hydrogen) atoms. The highest BCUT2D eigenvalue weighted by Crippen LogP contribution is 2.15. The lowest BCUT2D eigenvalue weighted by Gasteiger charge is -2.09. The van der Waals surface area contributed by atoms with Crippen molar-refractivity contribution in [1.82, 2.24) is 0 Å². The summed E-state index contributed by atoms with van der Waals surface area (Å²) in [6.45, 7) is 0.520. The smallest absolute Gasteiger partial charge is 0.188 e. The Morgan fingerprint density at radius 3 is 2.47 bits per heavy atom. The van der Waals surface area contributed by atoms with Crippen molar-refractivity contribution in [2.45, 2.75) is 45.0 Å². The Labute approximate surface area is 92.8 Å². The molecule has 0 aromatic carbocycles. The first-order valence-electron chi connectivity index (χ1n) is 5.11. The van der Waals surface area contributed by atoms with Crippen LogP contribution < -0.4 is 0 Å². The van der Waals surface area contributed by atoms with Crippen molar-refractivity contribution in [1.29, 1.82) is 0 Å². The second-order valence-corrected chi connectivity index (χ2v) is 4.41. The number of alkyl halides is 3. The van der Waals surface area contributed by atoms with Crippen molar-refractivity contribution in [2.75, 3.05) is 12.4 Å². The zero-order valence-corrected chi connectivity index (χ0v) is 9.66. The molecule has 0 fully saturated rings. The number of carbonyl (C=O) groups is 1. The van der Waals surface area contributed by atoms with E-state index in [-0.39, 0.29) is 11.5 Å². The van der Waals surface area contributed by atoms with E-state index in [1.807, 2.05) is 0 Å². The van der Waals surface area contributed by atoms with Gasteiger partial charge < -0.3 is 0 Å². The third kappa shape index (κ3) is 7.71. The maximum atomic E-state index is 12.8. The Balaban J connectivity index is 3.34. The normalized spacial score (nSPS) is 14.9. The average molecular weight is 242 g/mol. The molecule has 5 heteroatoms. The Bertz CT molecular complexity index is 178. The van der Waals surface area contributed by atoms with Crippen molar-refractivity contribution in [3.05, 3.63) is 0 Å². The van der Waals surface area contributed by atoms with E-state index in [9.17, 15) is 18.0 Å². The second kappa shape index (κ2) is 9.07. The van der Waals surface area contributed by atoms with Crippen LogP contribution in [0.2, 0.25) is 0 Å². The molecule has 1 nitrogen and oxygen atoms in total. The van der Waals surface area contributed by atoms with Crippen LogP contribution in [0.1, 0.15) is 32.6 Å². The molecule has 0 saturated heterocycles. The van der Waals surface area contributed by atoms with Crippen molar-refractivity contribution >= 4 is 16.9 Å². The summed E-state index contributed by atoms with van der Waals surface area (Å²) >= 11 is 1.21. The van der Waals surface area contributed by atoms with Gasteiger partial charge in [-0.1, -0.05) is 18.7 Å². The third-order valence-corrected chi connectivity index (χ3v) is 3.07. The maximum Gasteiger partial charge on any atom is 0.188 e. The number of thioether (sulfide) groups is 1. The maximum absolute atomic E-state index is 12.8. The minimum atomic E-state index is -1.99. The van der Waals surface area contributed by atoms with E-state index < -0.39 is 19.0 Å². The summed E-state index contributed by atoms with van der Waals surface area (Å²) in [5.74, 6) is 0.631. The quantitative estimate of drug-likeness (QED) is 0.606.